The van der Waals surface area contributed by atoms with E-state index in [-0.39, 0.29) is 5.02 Å². The SMILES string of the molecule is Cc1cccc2nc(CNc3cn[nH]c(=O)c3Cl)cn12. The highest BCUT2D eigenvalue weighted by molar-refractivity contribution is 6.32. The quantitative estimate of drug-likeness (QED) is 0.773. The lowest BCUT2D eigenvalue weighted by molar-refractivity contribution is 0.977. The Bertz CT molecular complexity index is 823. The zero-order valence-electron chi connectivity index (χ0n) is 10.7. The second-order valence-electron chi connectivity index (χ2n) is 4.41. The van der Waals surface area contributed by atoms with Crippen molar-refractivity contribution in [2.24, 2.45) is 0 Å². The number of rotatable bonds is 3. The number of hydrogen-bond acceptors (Lipinski definition) is 4. The van der Waals surface area contributed by atoms with Crippen LogP contribution in [0.1, 0.15) is 11.4 Å². The third-order valence-electron chi connectivity index (χ3n) is 3.00. The molecule has 20 heavy (non-hydrogen) atoms. The Labute approximate surface area is 119 Å². The van der Waals surface area contributed by atoms with Crippen LogP contribution in [0.3, 0.4) is 0 Å². The van der Waals surface area contributed by atoms with Crippen molar-refractivity contribution in [2.45, 2.75) is 13.5 Å². The second kappa shape index (κ2) is 4.97. The van der Waals surface area contributed by atoms with E-state index in [4.69, 9.17) is 11.6 Å². The molecule has 0 amide bonds. The predicted octanol–water partition coefficient (Wildman–Crippen LogP) is 1.99. The number of H-pyrrole nitrogens is 1. The number of fused-ring (bicyclic) bond motifs is 1. The summed E-state index contributed by atoms with van der Waals surface area (Å²) in [5, 5.41) is 9.13. The maximum absolute atomic E-state index is 11.3. The fraction of sp³-hybridized carbons (Fsp3) is 0.154. The van der Waals surface area contributed by atoms with E-state index in [1.807, 2.05) is 35.7 Å². The summed E-state index contributed by atoms with van der Waals surface area (Å²) < 4.78 is 2.01. The highest BCUT2D eigenvalue weighted by atomic mass is 35.5. The van der Waals surface area contributed by atoms with Gasteiger partial charge in [0.1, 0.15) is 10.7 Å². The summed E-state index contributed by atoms with van der Waals surface area (Å²) in [7, 11) is 0. The Morgan fingerprint density at radius 3 is 3.10 bits per heavy atom. The molecule has 0 fully saturated rings. The fourth-order valence-electron chi connectivity index (χ4n) is 1.98. The molecule has 0 spiro atoms. The predicted molar refractivity (Wildman–Crippen MR) is 77.1 cm³/mol. The molecule has 0 aliphatic rings. The lowest BCUT2D eigenvalue weighted by Crippen LogP contribution is -2.11. The molecular formula is C13H12ClN5O. The third-order valence-corrected chi connectivity index (χ3v) is 3.38. The van der Waals surface area contributed by atoms with Gasteiger partial charge in [0, 0.05) is 11.9 Å². The van der Waals surface area contributed by atoms with E-state index in [9.17, 15) is 4.79 Å². The van der Waals surface area contributed by atoms with Crippen LogP contribution in [-0.2, 0) is 6.54 Å². The third kappa shape index (κ3) is 2.25. The number of imidazole rings is 1. The molecule has 3 heterocycles. The minimum atomic E-state index is -0.414. The van der Waals surface area contributed by atoms with Crippen molar-refractivity contribution >= 4 is 22.9 Å². The van der Waals surface area contributed by atoms with Crippen LogP contribution in [0.5, 0.6) is 0 Å². The number of hydrogen-bond donors (Lipinski definition) is 2. The molecule has 0 saturated heterocycles. The van der Waals surface area contributed by atoms with Gasteiger partial charge >= 0.3 is 0 Å². The van der Waals surface area contributed by atoms with Crippen LogP contribution in [0, 0.1) is 6.92 Å². The number of anilines is 1. The maximum atomic E-state index is 11.3. The van der Waals surface area contributed by atoms with E-state index in [0.29, 0.717) is 12.2 Å². The smallest absolute Gasteiger partial charge is 0.285 e. The lowest BCUT2D eigenvalue weighted by Gasteiger charge is -2.04. The zero-order valence-corrected chi connectivity index (χ0v) is 11.5. The van der Waals surface area contributed by atoms with Gasteiger partial charge in [-0.25, -0.2) is 10.1 Å². The number of aromatic nitrogens is 4. The van der Waals surface area contributed by atoms with Gasteiger partial charge in [-0.2, -0.15) is 5.10 Å². The van der Waals surface area contributed by atoms with Gasteiger partial charge in [0.05, 0.1) is 24.1 Å². The van der Waals surface area contributed by atoms with Crippen molar-refractivity contribution in [3.63, 3.8) is 0 Å². The van der Waals surface area contributed by atoms with E-state index in [1.165, 1.54) is 6.20 Å². The molecule has 0 aromatic carbocycles. The minimum Gasteiger partial charge on any atom is -0.377 e. The average molecular weight is 290 g/mol. The molecule has 0 aliphatic heterocycles. The van der Waals surface area contributed by atoms with Gasteiger partial charge < -0.3 is 9.72 Å². The molecule has 2 N–H and O–H groups in total. The first-order valence-corrected chi connectivity index (χ1v) is 6.43. The largest absolute Gasteiger partial charge is 0.377 e. The van der Waals surface area contributed by atoms with Crippen LogP contribution in [0.2, 0.25) is 5.02 Å². The molecular weight excluding hydrogens is 278 g/mol. The first-order valence-electron chi connectivity index (χ1n) is 6.06. The van der Waals surface area contributed by atoms with E-state index in [2.05, 4.69) is 20.5 Å². The van der Waals surface area contributed by atoms with Gasteiger partial charge in [-0.1, -0.05) is 17.7 Å². The second-order valence-corrected chi connectivity index (χ2v) is 4.79. The number of aromatic amines is 1. The van der Waals surface area contributed by atoms with Crippen molar-refractivity contribution in [1.29, 1.82) is 0 Å². The molecule has 3 aromatic rings. The summed E-state index contributed by atoms with van der Waals surface area (Å²) in [6, 6.07) is 5.92. The molecule has 6 nitrogen and oxygen atoms in total. The standard InChI is InChI=1S/C13H12ClN5O/c1-8-3-2-4-11-17-9(7-19(8)11)5-15-10-6-16-18-13(20)12(10)14/h2-4,6-7H,5H2,1H3,(H2,15,18,20). The Hall–Kier alpha value is -2.34. The van der Waals surface area contributed by atoms with Crippen LogP contribution in [0.4, 0.5) is 5.69 Å². The molecule has 0 saturated carbocycles. The Kier molecular flexibility index (Phi) is 3.15. The van der Waals surface area contributed by atoms with E-state index in [0.717, 1.165) is 17.0 Å². The monoisotopic (exact) mass is 289 g/mol. The maximum Gasteiger partial charge on any atom is 0.285 e. The number of halogens is 1. The van der Waals surface area contributed by atoms with Gasteiger partial charge in [0.15, 0.2) is 0 Å². The van der Waals surface area contributed by atoms with Crippen LogP contribution < -0.4 is 10.9 Å². The van der Waals surface area contributed by atoms with Crippen LogP contribution in [0.15, 0.2) is 35.4 Å². The first-order chi connectivity index (χ1) is 9.65. The van der Waals surface area contributed by atoms with Crippen LogP contribution in [-0.4, -0.2) is 19.6 Å². The normalized spacial score (nSPS) is 10.9. The first kappa shape index (κ1) is 12.7. The molecule has 102 valence electrons. The molecule has 0 aliphatic carbocycles. The van der Waals surface area contributed by atoms with Gasteiger partial charge in [0.2, 0.25) is 0 Å². The van der Waals surface area contributed by atoms with Gasteiger partial charge in [-0.15, -0.1) is 0 Å². The van der Waals surface area contributed by atoms with Crippen molar-refractivity contribution in [3.8, 4) is 0 Å². The van der Waals surface area contributed by atoms with Crippen LogP contribution in [0.25, 0.3) is 5.65 Å². The van der Waals surface area contributed by atoms with E-state index < -0.39 is 5.56 Å². The van der Waals surface area contributed by atoms with Gasteiger partial charge in [-0.3, -0.25) is 4.79 Å². The summed E-state index contributed by atoms with van der Waals surface area (Å²) >= 11 is 5.89. The minimum absolute atomic E-state index is 0.0972. The Morgan fingerprint density at radius 2 is 2.30 bits per heavy atom. The van der Waals surface area contributed by atoms with Crippen LogP contribution >= 0.6 is 11.6 Å². The molecule has 3 aromatic heterocycles. The number of aryl methyl sites for hydroxylation is 1. The molecule has 0 atom stereocenters. The van der Waals surface area contributed by atoms with E-state index in [1.54, 1.807) is 0 Å². The lowest BCUT2D eigenvalue weighted by atomic mass is 10.4. The number of nitrogens with zero attached hydrogens (tertiary/aromatic N) is 3. The summed E-state index contributed by atoms with van der Waals surface area (Å²) in [5.41, 5.74) is 2.93. The summed E-state index contributed by atoms with van der Waals surface area (Å²) in [4.78, 5) is 15.8. The topological polar surface area (TPSA) is 75.1 Å². The van der Waals surface area contributed by atoms with Gasteiger partial charge in [0.25, 0.3) is 5.56 Å². The highest BCUT2D eigenvalue weighted by Gasteiger charge is 2.06. The van der Waals surface area contributed by atoms with Crippen molar-refractivity contribution in [1.82, 2.24) is 19.6 Å². The Balaban J connectivity index is 1.85. The summed E-state index contributed by atoms with van der Waals surface area (Å²) in [6.45, 7) is 2.48. The Morgan fingerprint density at radius 1 is 1.45 bits per heavy atom. The van der Waals surface area contributed by atoms with Crippen molar-refractivity contribution < 1.29 is 0 Å². The van der Waals surface area contributed by atoms with Gasteiger partial charge in [-0.05, 0) is 19.1 Å². The highest BCUT2D eigenvalue weighted by Crippen LogP contribution is 2.16. The average Bonchev–Trinajstić information content (AvgIpc) is 2.85. The molecule has 7 heteroatoms. The van der Waals surface area contributed by atoms with Crippen molar-refractivity contribution in [2.75, 3.05) is 5.32 Å². The zero-order chi connectivity index (χ0) is 14.1. The summed E-state index contributed by atoms with van der Waals surface area (Å²) in [6.07, 6.45) is 3.43. The fourth-order valence-corrected chi connectivity index (χ4v) is 2.13. The van der Waals surface area contributed by atoms with Crippen molar-refractivity contribution in [3.05, 3.63) is 57.4 Å². The molecule has 0 bridgehead atoms. The molecule has 0 radical (unpaired) electrons. The van der Waals surface area contributed by atoms with E-state index >= 15 is 0 Å². The molecule has 0 unspecified atom stereocenters. The number of nitrogens with one attached hydrogen (secondary N) is 2. The number of pyridine rings is 1. The summed E-state index contributed by atoms with van der Waals surface area (Å²) in [5.74, 6) is 0. The molecule has 3 rings (SSSR count).